The fraction of sp³-hybridized carbons (Fsp3) is 0.429. The van der Waals surface area contributed by atoms with Crippen molar-refractivity contribution in [2.75, 3.05) is 13.1 Å². The van der Waals surface area contributed by atoms with Gasteiger partial charge in [-0.2, -0.15) is 17.5 Å². The van der Waals surface area contributed by atoms with Gasteiger partial charge in [0.15, 0.2) is 5.76 Å². The Labute approximate surface area is 141 Å². The van der Waals surface area contributed by atoms with Gasteiger partial charge in [-0.3, -0.25) is 0 Å². The van der Waals surface area contributed by atoms with Gasteiger partial charge in [0.25, 0.3) is 0 Å². The van der Waals surface area contributed by atoms with E-state index in [0.717, 1.165) is 10.4 Å². The van der Waals surface area contributed by atoms with Crippen LogP contribution in [-0.2, 0) is 16.2 Å². The van der Waals surface area contributed by atoms with Crippen LogP contribution >= 0.6 is 0 Å². The fourth-order valence-corrected chi connectivity index (χ4v) is 4.25. The Balaban J connectivity index is 1.67. The molecule has 0 N–H and O–H groups in total. The summed E-state index contributed by atoms with van der Waals surface area (Å²) >= 11 is 0. The smallest absolute Gasteiger partial charge is 0.433 e. The highest BCUT2D eigenvalue weighted by Gasteiger charge is 2.41. The normalized spacial score (nSPS) is 16.7. The van der Waals surface area contributed by atoms with E-state index in [9.17, 15) is 21.6 Å². The number of halogens is 3. The molecule has 2 aromatic rings. The second-order valence-corrected chi connectivity index (χ2v) is 7.45. The molecule has 3 rings (SSSR count). The molecule has 0 aliphatic carbocycles. The van der Waals surface area contributed by atoms with Crippen LogP contribution in [0.1, 0.15) is 17.1 Å². The van der Waals surface area contributed by atoms with Crippen LogP contribution in [0.4, 0.5) is 13.2 Å². The third-order valence-electron chi connectivity index (χ3n) is 3.68. The van der Waals surface area contributed by atoms with Gasteiger partial charge in [0.1, 0.15) is 22.4 Å². The molecule has 2 aromatic heterocycles. The van der Waals surface area contributed by atoms with E-state index in [1.807, 2.05) is 0 Å². The molecule has 0 unspecified atom stereocenters. The summed E-state index contributed by atoms with van der Waals surface area (Å²) in [6.07, 6.45) is -5.15. The van der Waals surface area contributed by atoms with Crippen LogP contribution in [-0.4, -0.2) is 42.1 Å². The first kappa shape index (κ1) is 17.7. The molecule has 0 atom stereocenters. The number of nitrogens with zero attached hydrogens (tertiary/aromatic N) is 3. The van der Waals surface area contributed by atoms with E-state index in [0.29, 0.717) is 0 Å². The highest BCUT2D eigenvalue weighted by Crippen LogP contribution is 2.30. The number of aromatic nitrogens is 2. The molecule has 25 heavy (non-hydrogen) atoms. The summed E-state index contributed by atoms with van der Waals surface area (Å²) < 4.78 is 74.3. The maximum atomic E-state index is 12.6. The van der Waals surface area contributed by atoms with E-state index in [-0.39, 0.29) is 35.3 Å². The van der Waals surface area contributed by atoms with Crippen molar-refractivity contribution in [2.24, 2.45) is 0 Å². The van der Waals surface area contributed by atoms with Gasteiger partial charge in [0.05, 0.1) is 13.1 Å². The number of sulfonamides is 1. The molecular formula is C14H14F3N3O4S. The van der Waals surface area contributed by atoms with Gasteiger partial charge >= 0.3 is 6.18 Å². The van der Waals surface area contributed by atoms with Crippen molar-refractivity contribution in [3.8, 4) is 5.88 Å². The summed E-state index contributed by atoms with van der Waals surface area (Å²) in [5, 5.41) is 3.61. The molecule has 0 amide bonds. The SMILES string of the molecule is Cc1noc(C)c1S(=O)(=O)N1CC(Oc2cccc(C(F)(F)F)n2)C1. The van der Waals surface area contributed by atoms with Crippen LogP contribution < -0.4 is 4.74 Å². The maximum Gasteiger partial charge on any atom is 0.433 e. The van der Waals surface area contributed by atoms with Gasteiger partial charge in [-0.25, -0.2) is 13.4 Å². The van der Waals surface area contributed by atoms with Crippen molar-refractivity contribution >= 4 is 10.0 Å². The summed E-state index contributed by atoms with van der Waals surface area (Å²) in [5.41, 5.74) is -0.814. The number of aryl methyl sites for hydroxylation is 2. The van der Waals surface area contributed by atoms with E-state index in [4.69, 9.17) is 9.26 Å². The molecule has 1 fully saturated rings. The minimum absolute atomic E-state index is 0.00291. The predicted molar refractivity (Wildman–Crippen MR) is 78.4 cm³/mol. The first-order valence-corrected chi connectivity index (χ1v) is 8.67. The van der Waals surface area contributed by atoms with Gasteiger partial charge in [-0.15, -0.1) is 0 Å². The van der Waals surface area contributed by atoms with Gasteiger partial charge in [-0.1, -0.05) is 11.2 Å². The maximum absolute atomic E-state index is 12.6. The Morgan fingerprint density at radius 1 is 1.28 bits per heavy atom. The van der Waals surface area contributed by atoms with E-state index < -0.39 is 28.0 Å². The molecule has 11 heteroatoms. The third kappa shape index (κ3) is 3.33. The Bertz CT molecular complexity index is 869. The monoisotopic (exact) mass is 377 g/mol. The lowest BCUT2D eigenvalue weighted by molar-refractivity contribution is -0.141. The highest BCUT2D eigenvalue weighted by molar-refractivity contribution is 7.89. The van der Waals surface area contributed by atoms with Crippen LogP contribution in [0.25, 0.3) is 0 Å². The Morgan fingerprint density at radius 2 is 1.96 bits per heavy atom. The fourth-order valence-electron chi connectivity index (χ4n) is 2.45. The van der Waals surface area contributed by atoms with Crippen molar-refractivity contribution in [3.05, 3.63) is 35.3 Å². The van der Waals surface area contributed by atoms with Crippen molar-refractivity contribution < 1.29 is 30.8 Å². The molecule has 0 radical (unpaired) electrons. The lowest BCUT2D eigenvalue weighted by atomic mass is 10.2. The second kappa shape index (κ2) is 5.99. The molecule has 0 bridgehead atoms. The molecule has 0 aromatic carbocycles. The first-order valence-electron chi connectivity index (χ1n) is 7.23. The van der Waals surface area contributed by atoms with Crippen LogP contribution in [0, 0.1) is 13.8 Å². The molecule has 3 heterocycles. The standard InChI is InChI=1S/C14H14F3N3O4S/c1-8-13(9(2)24-19-8)25(21,22)20-6-10(7-20)23-12-5-3-4-11(18-12)14(15,16)17/h3-5,10H,6-7H2,1-2H3. The molecule has 0 spiro atoms. The molecule has 7 nitrogen and oxygen atoms in total. The summed E-state index contributed by atoms with van der Waals surface area (Å²) in [7, 11) is -3.78. The molecular weight excluding hydrogens is 363 g/mol. The van der Waals surface area contributed by atoms with Crippen LogP contribution in [0.3, 0.4) is 0 Å². The Kier molecular flexibility index (Phi) is 4.23. The summed E-state index contributed by atoms with van der Waals surface area (Å²) in [4.78, 5) is 3.39. The van der Waals surface area contributed by atoms with Gasteiger partial charge in [0.2, 0.25) is 15.9 Å². The van der Waals surface area contributed by atoms with Crippen LogP contribution in [0.2, 0.25) is 0 Å². The summed E-state index contributed by atoms with van der Waals surface area (Å²) in [5.74, 6) is -0.0179. The molecule has 1 aliphatic heterocycles. The zero-order chi connectivity index (χ0) is 18.4. The van der Waals surface area contributed by atoms with Crippen molar-refractivity contribution in [1.29, 1.82) is 0 Å². The van der Waals surface area contributed by atoms with Gasteiger partial charge in [0, 0.05) is 6.07 Å². The highest BCUT2D eigenvalue weighted by atomic mass is 32.2. The molecule has 1 saturated heterocycles. The average molecular weight is 377 g/mol. The van der Waals surface area contributed by atoms with E-state index in [1.165, 1.54) is 26.0 Å². The largest absolute Gasteiger partial charge is 0.472 e. The minimum atomic E-state index is -4.57. The van der Waals surface area contributed by atoms with Crippen LogP contribution in [0.5, 0.6) is 5.88 Å². The van der Waals surface area contributed by atoms with Crippen LogP contribution in [0.15, 0.2) is 27.6 Å². The summed E-state index contributed by atoms with van der Waals surface area (Å²) in [6.45, 7) is 3.02. The number of ether oxygens (including phenoxy) is 1. The first-order chi connectivity index (χ1) is 11.6. The zero-order valence-corrected chi connectivity index (χ0v) is 14.1. The number of hydrogen-bond acceptors (Lipinski definition) is 6. The lowest BCUT2D eigenvalue weighted by Gasteiger charge is -2.37. The zero-order valence-electron chi connectivity index (χ0n) is 13.2. The van der Waals surface area contributed by atoms with Crippen molar-refractivity contribution in [2.45, 2.75) is 31.0 Å². The van der Waals surface area contributed by atoms with Crippen molar-refractivity contribution in [3.63, 3.8) is 0 Å². The molecule has 1 aliphatic rings. The van der Waals surface area contributed by atoms with Gasteiger partial charge in [-0.05, 0) is 19.9 Å². The van der Waals surface area contributed by atoms with Gasteiger partial charge < -0.3 is 9.26 Å². The molecule has 136 valence electrons. The summed E-state index contributed by atoms with van der Waals surface area (Å²) in [6, 6.07) is 3.31. The minimum Gasteiger partial charge on any atom is -0.472 e. The quantitative estimate of drug-likeness (QED) is 0.812. The Hall–Kier alpha value is -2.14. The van der Waals surface area contributed by atoms with E-state index in [2.05, 4.69) is 10.1 Å². The van der Waals surface area contributed by atoms with E-state index in [1.54, 1.807) is 0 Å². The van der Waals surface area contributed by atoms with Crippen molar-refractivity contribution in [1.82, 2.24) is 14.4 Å². The number of pyridine rings is 1. The number of alkyl halides is 3. The Morgan fingerprint density at radius 3 is 2.52 bits per heavy atom. The molecule has 0 saturated carbocycles. The average Bonchev–Trinajstić information content (AvgIpc) is 2.81. The third-order valence-corrected chi connectivity index (χ3v) is 5.76. The second-order valence-electron chi connectivity index (χ2n) is 5.57. The number of hydrogen-bond donors (Lipinski definition) is 0. The lowest BCUT2D eigenvalue weighted by Crippen LogP contribution is -2.56. The predicted octanol–water partition coefficient (Wildman–Crippen LogP) is 2.16. The van der Waals surface area contributed by atoms with E-state index >= 15 is 0 Å². The topological polar surface area (TPSA) is 85.5 Å². The number of rotatable bonds is 4.